The molecule has 8 heteroatoms. The Morgan fingerprint density at radius 1 is 1.05 bits per heavy atom. The summed E-state index contributed by atoms with van der Waals surface area (Å²) in [4.78, 5) is 13.0. The van der Waals surface area contributed by atoms with Crippen molar-refractivity contribution < 1.29 is 59.5 Å². The predicted molar refractivity (Wildman–Crippen MR) is 145 cm³/mol. The molecule has 1 aliphatic rings. The van der Waals surface area contributed by atoms with Gasteiger partial charge in [0.25, 0.3) is 0 Å². The van der Waals surface area contributed by atoms with Crippen molar-refractivity contribution in [3.05, 3.63) is 101 Å². The summed E-state index contributed by atoms with van der Waals surface area (Å²) in [6.45, 7) is 5.75. The molecule has 39 heavy (non-hydrogen) atoms. The smallest absolute Gasteiger partial charge is 1.00 e. The van der Waals surface area contributed by atoms with Gasteiger partial charge in [0.15, 0.2) is 6.61 Å². The molecule has 0 saturated carbocycles. The minimum Gasteiger partial charge on any atom is -1.00 e. The van der Waals surface area contributed by atoms with Crippen molar-refractivity contribution >= 4 is 11.5 Å². The number of carboxylic acids is 1. The Morgan fingerprint density at radius 3 is 2.36 bits per heavy atom. The van der Waals surface area contributed by atoms with Crippen molar-refractivity contribution in [1.82, 2.24) is 4.90 Å². The van der Waals surface area contributed by atoms with Crippen molar-refractivity contribution in [2.45, 2.75) is 6.92 Å². The van der Waals surface area contributed by atoms with Gasteiger partial charge in [-0.15, -0.1) is 0 Å². The van der Waals surface area contributed by atoms with Crippen molar-refractivity contribution in [1.29, 1.82) is 0 Å². The van der Waals surface area contributed by atoms with E-state index < -0.39 is 12.6 Å². The Morgan fingerprint density at radius 2 is 1.72 bits per heavy atom. The SMILES string of the molecule is Cc1cc(OCC=C(c2ccc(F)cc2)c2ccc(C#CCN3CCOCC3)cc2)ccc1OCC(=O)O.[H-].[Na+]. The Balaban J connectivity index is 0.00000280. The van der Waals surface area contributed by atoms with Crippen molar-refractivity contribution in [3.8, 4) is 23.3 Å². The zero-order valence-corrected chi connectivity index (χ0v) is 24.3. The molecule has 0 radical (unpaired) electrons. The average Bonchev–Trinajstić information content (AvgIpc) is 2.92. The number of aryl methyl sites for hydroxylation is 1. The van der Waals surface area contributed by atoms with Crippen LogP contribution >= 0.6 is 0 Å². The van der Waals surface area contributed by atoms with E-state index in [2.05, 4.69) is 16.7 Å². The first-order chi connectivity index (χ1) is 18.5. The Labute approximate surface area is 252 Å². The molecular formula is C31H31FNNaO5. The van der Waals surface area contributed by atoms with Gasteiger partial charge in [-0.2, -0.15) is 0 Å². The summed E-state index contributed by atoms with van der Waals surface area (Å²) in [7, 11) is 0. The van der Waals surface area contributed by atoms with Gasteiger partial charge >= 0.3 is 35.5 Å². The minimum atomic E-state index is -1.03. The molecule has 0 aliphatic carbocycles. The zero-order chi connectivity index (χ0) is 26.7. The maximum absolute atomic E-state index is 13.6. The first-order valence-electron chi connectivity index (χ1n) is 12.4. The number of benzene rings is 3. The van der Waals surface area contributed by atoms with Gasteiger partial charge in [0.05, 0.1) is 19.8 Å². The fourth-order valence-corrected chi connectivity index (χ4v) is 4.01. The number of carbonyl (C=O) groups is 1. The fraction of sp³-hybridized carbons (Fsp3) is 0.258. The molecule has 0 amide bonds. The van der Waals surface area contributed by atoms with Crippen LogP contribution in [0.4, 0.5) is 4.39 Å². The van der Waals surface area contributed by atoms with E-state index in [1.165, 1.54) is 12.1 Å². The summed E-state index contributed by atoms with van der Waals surface area (Å²) >= 11 is 0. The van der Waals surface area contributed by atoms with E-state index in [1.54, 1.807) is 30.3 Å². The maximum Gasteiger partial charge on any atom is 1.00 e. The average molecular weight is 540 g/mol. The number of hydrogen-bond donors (Lipinski definition) is 1. The second-order valence-corrected chi connectivity index (χ2v) is 8.81. The normalized spacial score (nSPS) is 13.5. The van der Waals surface area contributed by atoms with Crippen LogP contribution in [-0.4, -0.2) is 62.0 Å². The number of hydrogen-bond acceptors (Lipinski definition) is 5. The molecule has 3 aromatic rings. The molecule has 6 nitrogen and oxygen atoms in total. The molecule has 3 aromatic carbocycles. The second-order valence-electron chi connectivity index (χ2n) is 8.81. The standard InChI is InChI=1S/C31H30FNO5.Na.H/c1-23-21-28(12-13-30(23)38-22-31(34)35)37-18-14-29(26-8-10-27(32)11-9-26)25-6-4-24(5-7-25)3-2-15-33-16-19-36-20-17-33;;/h4-14,21H,15-20,22H2,1H3,(H,34,35);;/q;+1;-1. The van der Waals surface area contributed by atoms with Gasteiger partial charge in [0, 0.05) is 18.7 Å². The molecule has 0 atom stereocenters. The van der Waals surface area contributed by atoms with Crippen LogP contribution < -0.4 is 39.0 Å². The summed E-state index contributed by atoms with van der Waals surface area (Å²) in [5.74, 6) is 6.26. The van der Waals surface area contributed by atoms with Crippen LogP contribution in [0.25, 0.3) is 5.57 Å². The third-order valence-electron chi connectivity index (χ3n) is 6.03. The summed E-state index contributed by atoms with van der Waals surface area (Å²) in [6.07, 6.45) is 1.95. The minimum absolute atomic E-state index is 0. The number of morpholine rings is 1. The monoisotopic (exact) mass is 539 g/mol. The van der Waals surface area contributed by atoms with Gasteiger partial charge in [-0.3, -0.25) is 4.90 Å². The summed E-state index contributed by atoms with van der Waals surface area (Å²) in [6, 6.07) is 19.6. The number of ether oxygens (including phenoxy) is 3. The number of aliphatic carboxylic acids is 1. The van der Waals surface area contributed by atoms with Crippen LogP contribution in [-0.2, 0) is 9.53 Å². The molecule has 1 fully saturated rings. The van der Waals surface area contributed by atoms with E-state index in [4.69, 9.17) is 19.3 Å². The van der Waals surface area contributed by atoms with Crippen LogP contribution in [0, 0.1) is 24.6 Å². The van der Waals surface area contributed by atoms with Gasteiger partial charge in [-0.1, -0.05) is 36.1 Å². The summed E-state index contributed by atoms with van der Waals surface area (Å²) < 4.78 is 30.2. The summed E-state index contributed by atoms with van der Waals surface area (Å²) in [5.41, 5.74) is 4.45. The van der Waals surface area contributed by atoms with E-state index in [0.717, 1.165) is 60.7 Å². The van der Waals surface area contributed by atoms with Crippen LogP contribution in [0.3, 0.4) is 0 Å². The van der Waals surface area contributed by atoms with Gasteiger partial charge in [-0.05, 0) is 77.7 Å². The van der Waals surface area contributed by atoms with E-state index >= 15 is 0 Å². The Kier molecular flexibility index (Phi) is 12.1. The maximum atomic E-state index is 13.6. The topological polar surface area (TPSA) is 68.2 Å². The van der Waals surface area contributed by atoms with Crippen LogP contribution in [0.15, 0.2) is 72.8 Å². The molecule has 0 unspecified atom stereocenters. The predicted octanol–water partition coefficient (Wildman–Crippen LogP) is 1.91. The fourth-order valence-electron chi connectivity index (χ4n) is 4.01. The van der Waals surface area contributed by atoms with E-state index in [1.807, 2.05) is 37.3 Å². The molecule has 0 spiro atoms. The molecular weight excluding hydrogens is 508 g/mol. The molecule has 4 rings (SSSR count). The molecule has 1 aliphatic heterocycles. The van der Waals surface area contributed by atoms with Crippen LogP contribution in [0.2, 0.25) is 0 Å². The Hall–Kier alpha value is -3.12. The van der Waals surface area contributed by atoms with Crippen molar-refractivity contribution in [3.63, 3.8) is 0 Å². The van der Waals surface area contributed by atoms with E-state index in [-0.39, 0.29) is 43.4 Å². The third-order valence-corrected chi connectivity index (χ3v) is 6.03. The number of halogens is 1. The van der Waals surface area contributed by atoms with Crippen molar-refractivity contribution in [2.75, 3.05) is 46.1 Å². The largest absolute Gasteiger partial charge is 1.00 e. The molecule has 1 N–H and O–H groups in total. The Bertz CT molecular complexity index is 1330. The second kappa shape index (κ2) is 15.5. The molecule has 1 saturated heterocycles. The van der Waals surface area contributed by atoms with E-state index in [9.17, 15) is 9.18 Å². The van der Waals surface area contributed by atoms with Crippen LogP contribution in [0.5, 0.6) is 11.5 Å². The molecule has 0 bridgehead atoms. The van der Waals surface area contributed by atoms with Gasteiger partial charge in [0.2, 0.25) is 0 Å². The molecule has 1 heterocycles. The van der Waals surface area contributed by atoms with Gasteiger partial charge < -0.3 is 20.7 Å². The van der Waals surface area contributed by atoms with Gasteiger partial charge in [-0.25, -0.2) is 9.18 Å². The number of nitrogens with zero attached hydrogens (tertiary/aromatic N) is 1. The summed E-state index contributed by atoms with van der Waals surface area (Å²) in [5, 5.41) is 8.80. The van der Waals surface area contributed by atoms with Gasteiger partial charge in [0.1, 0.15) is 23.9 Å². The first-order valence-corrected chi connectivity index (χ1v) is 12.4. The molecule has 198 valence electrons. The van der Waals surface area contributed by atoms with E-state index in [0.29, 0.717) is 11.5 Å². The number of carboxylic acid groups (broad SMARTS) is 1. The van der Waals surface area contributed by atoms with Crippen molar-refractivity contribution in [2.24, 2.45) is 0 Å². The molecule has 0 aromatic heterocycles. The van der Waals surface area contributed by atoms with Crippen LogP contribution in [0.1, 0.15) is 23.7 Å². The quantitative estimate of drug-likeness (QED) is 0.331. The third kappa shape index (κ3) is 9.54. The first kappa shape index (κ1) is 30.4. The number of rotatable bonds is 9. The zero-order valence-electron chi connectivity index (χ0n) is 23.3.